The normalized spacial score (nSPS) is 26.2. The van der Waals surface area contributed by atoms with E-state index in [0.717, 1.165) is 6.42 Å². The Balaban J connectivity index is 2.78. The maximum Gasteiger partial charge on any atom is 0.305 e. The van der Waals surface area contributed by atoms with Crippen molar-refractivity contribution in [3.05, 3.63) is 0 Å². The van der Waals surface area contributed by atoms with E-state index in [1.54, 1.807) is 11.9 Å². The van der Waals surface area contributed by atoms with Crippen molar-refractivity contribution in [1.82, 2.24) is 10.2 Å². The molecule has 0 aromatic rings. The van der Waals surface area contributed by atoms with Crippen LogP contribution in [0.3, 0.4) is 0 Å². The highest BCUT2D eigenvalue weighted by Gasteiger charge is 2.35. The summed E-state index contributed by atoms with van der Waals surface area (Å²) in [5.74, 6) is -1.09. The van der Waals surface area contributed by atoms with Gasteiger partial charge in [0.05, 0.1) is 12.5 Å². The zero-order valence-electron chi connectivity index (χ0n) is 9.41. The van der Waals surface area contributed by atoms with Crippen LogP contribution in [0.1, 0.15) is 26.7 Å². The Morgan fingerprint density at radius 2 is 2.27 bits per heavy atom. The molecular formula is C10H18N2O3. The fraction of sp³-hybridized carbons (Fsp3) is 0.800. The maximum atomic E-state index is 11.9. The zero-order chi connectivity index (χ0) is 11.6. The molecule has 1 aliphatic heterocycles. The first-order valence-electron chi connectivity index (χ1n) is 5.07. The van der Waals surface area contributed by atoms with Gasteiger partial charge in [-0.3, -0.25) is 9.59 Å². The van der Waals surface area contributed by atoms with E-state index < -0.39 is 12.0 Å². The molecule has 5 heteroatoms. The molecule has 1 aliphatic rings. The third-order valence-corrected chi connectivity index (χ3v) is 3.04. The summed E-state index contributed by atoms with van der Waals surface area (Å²) in [6.45, 7) is 4.63. The average molecular weight is 214 g/mol. The maximum absolute atomic E-state index is 11.9. The van der Waals surface area contributed by atoms with Crippen molar-refractivity contribution in [2.24, 2.45) is 0 Å². The van der Waals surface area contributed by atoms with Gasteiger partial charge in [0.15, 0.2) is 0 Å². The molecule has 1 rings (SSSR count). The molecule has 5 nitrogen and oxygen atoms in total. The van der Waals surface area contributed by atoms with Gasteiger partial charge < -0.3 is 15.3 Å². The Bertz CT molecular complexity index is 276. The van der Waals surface area contributed by atoms with E-state index in [9.17, 15) is 9.59 Å². The standard InChI is InChI=1S/C10H18N2O3/c1-10(2)4-5-11-7(6-8(13)14)9(15)12(10)3/h7,11H,4-6H2,1-3H3,(H,13,14). The lowest BCUT2D eigenvalue weighted by molar-refractivity contribution is -0.143. The molecule has 0 aliphatic carbocycles. The van der Waals surface area contributed by atoms with Gasteiger partial charge in [0.25, 0.3) is 0 Å². The summed E-state index contributed by atoms with van der Waals surface area (Å²) in [5, 5.41) is 11.7. The molecule has 0 radical (unpaired) electrons. The summed E-state index contributed by atoms with van der Waals surface area (Å²) in [6, 6.07) is -0.589. The van der Waals surface area contributed by atoms with Crippen LogP contribution in [-0.4, -0.2) is 47.1 Å². The zero-order valence-corrected chi connectivity index (χ0v) is 9.41. The van der Waals surface area contributed by atoms with E-state index in [-0.39, 0.29) is 17.9 Å². The van der Waals surface area contributed by atoms with Crippen LogP contribution in [0.4, 0.5) is 0 Å². The molecule has 1 fully saturated rings. The number of likely N-dealkylation sites (N-methyl/N-ethyl adjacent to an activating group) is 1. The van der Waals surface area contributed by atoms with Crippen LogP contribution >= 0.6 is 0 Å². The van der Waals surface area contributed by atoms with Crippen LogP contribution in [0.25, 0.3) is 0 Å². The third-order valence-electron chi connectivity index (χ3n) is 3.04. The van der Waals surface area contributed by atoms with Crippen molar-refractivity contribution < 1.29 is 14.7 Å². The van der Waals surface area contributed by atoms with Crippen LogP contribution in [0.15, 0.2) is 0 Å². The predicted molar refractivity (Wildman–Crippen MR) is 55.5 cm³/mol. The van der Waals surface area contributed by atoms with Gasteiger partial charge in [-0.1, -0.05) is 0 Å². The molecule has 1 saturated heterocycles. The number of hydrogen-bond acceptors (Lipinski definition) is 3. The van der Waals surface area contributed by atoms with E-state index in [1.165, 1.54) is 0 Å². The molecule has 1 amide bonds. The van der Waals surface area contributed by atoms with Crippen molar-refractivity contribution >= 4 is 11.9 Å². The van der Waals surface area contributed by atoms with Gasteiger partial charge >= 0.3 is 5.97 Å². The van der Waals surface area contributed by atoms with Crippen LogP contribution < -0.4 is 5.32 Å². The Hall–Kier alpha value is -1.10. The SMILES string of the molecule is CN1C(=O)C(CC(=O)O)NCCC1(C)C. The summed E-state index contributed by atoms with van der Waals surface area (Å²) in [4.78, 5) is 24.1. The number of hydrogen-bond donors (Lipinski definition) is 2. The largest absolute Gasteiger partial charge is 0.481 e. The summed E-state index contributed by atoms with van der Waals surface area (Å²) in [6.07, 6.45) is 0.671. The first-order valence-corrected chi connectivity index (χ1v) is 5.07. The third kappa shape index (κ3) is 2.68. The number of nitrogens with zero attached hydrogens (tertiary/aromatic N) is 1. The van der Waals surface area contributed by atoms with Gasteiger partial charge in [0, 0.05) is 12.6 Å². The average Bonchev–Trinajstić information content (AvgIpc) is 2.19. The highest BCUT2D eigenvalue weighted by atomic mass is 16.4. The smallest absolute Gasteiger partial charge is 0.305 e. The molecular weight excluding hydrogens is 196 g/mol. The number of carbonyl (C=O) groups excluding carboxylic acids is 1. The van der Waals surface area contributed by atoms with Crippen molar-refractivity contribution in [1.29, 1.82) is 0 Å². The summed E-state index contributed by atoms with van der Waals surface area (Å²) >= 11 is 0. The van der Waals surface area contributed by atoms with E-state index in [0.29, 0.717) is 6.54 Å². The summed E-state index contributed by atoms with van der Waals surface area (Å²) in [5.41, 5.74) is -0.211. The number of carboxylic acids is 1. The second kappa shape index (κ2) is 4.18. The Kier molecular flexibility index (Phi) is 3.34. The first-order chi connectivity index (χ1) is 6.84. The van der Waals surface area contributed by atoms with Crippen molar-refractivity contribution in [3.63, 3.8) is 0 Å². The lowest BCUT2D eigenvalue weighted by atomic mass is 9.99. The number of aliphatic carboxylic acids is 1. The predicted octanol–water partition coefficient (Wildman–Crippen LogP) is 0.0600. The minimum atomic E-state index is -0.950. The monoisotopic (exact) mass is 214 g/mol. The highest BCUT2D eigenvalue weighted by molar-refractivity contribution is 5.86. The van der Waals surface area contributed by atoms with Crippen LogP contribution in [0, 0.1) is 0 Å². The number of rotatable bonds is 2. The van der Waals surface area contributed by atoms with Gasteiger partial charge in [0.2, 0.25) is 5.91 Å². The minimum absolute atomic E-state index is 0.139. The van der Waals surface area contributed by atoms with E-state index in [2.05, 4.69) is 5.32 Å². The molecule has 0 aromatic heterocycles. The molecule has 0 spiro atoms. The first kappa shape index (κ1) is 12.0. The van der Waals surface area contributed by atoms with E-state index in [1.807, 2.05) is 13.8 Å². The van der Waals surface area contributed by atoms with Crippen molar-refractivity contribution in [3.8, 4) is 0 Å². The van der Waals surface area contributed by atoms with Crippen molar-refractivity contribution in [2.75, 3.05) is 13.6 Å². The van der Waals surface area contributed by atoms with Gasteiger partial charge in [0.1, 0.15) is 0 Å². The summed E-state index contributed by atoms with van der Waals surface area (Å²) < 4.78 is 0. The number of amides is 1. The lowest BCUT2D eigenvalue weighted by Gasteiger charge is -2.34. The second-order valence-electron chi connectivity index (χ2n) is 4.56. The Morgan fingerprint density at radius 3 is 2.80 bits per heavy atom. The molecule has 1 atom stereocenters. The topological polar surface area (TPSA) is 69.6 Å². The minimum Gasteiger partial charge on any atom is -0.481 e. The molecule has 0 bridgehead atoms. The Labute approximate surface area is 89.4 Å². The van der Waals surface area contributed by atoms with Gasteiger partial charge in [-0.2, -0.15) is 0 Å². The van der Waals surface area contributed by atoms with Gasteiger partial charge in [-0.05, 0) is 26.8 Å². The fourth-order valence-corrected chi connectivity index (χ4v) is 1.67. The fourth-order valence-electron chi connectivity index (χ4n) is 1.67. The number of carbonyl (C=O) groups is 2. The van der Waals surface area contributed by atoms with Gasteiger partial charge in [-0.15, -0.1) is 0 Å². The van der Waals surface area contributed by atoms with Crippen LogP contribution in [0.5, 0.6) is 0 Å². The summed E-state index contributed by atoms with van der Waals surface area (Å²) in [7, 11) is 1.73. The molecule has 1 heterocycles. The molecule has 2 N–H and O–H groups in total. The molecule has 86 valence electrons. The molecule has 1 unspecified atom stereocenters. The number of carboxylic acid groups (broad SMARTS) is 1. The molecule has 15 heavy (non-hydrogen) atoms. The van der Waals surface area contributed by atoms with Crippen LogP contribution in [-0.2, 0) is 9.59 Å². The highest BCUT2D eigenvalue weighted by Crippen LogP contribution is 2.20. The quantitative estimate of drug-likeness (QED) is 0.682. The van der Waals surface area contributed by atoms with E-state index in [4.69, 9.17) is 5.11 Å². The molecule has 0 saturated carbocycles. The molecule has 0 aromatic carbocycles. The lowest BCUT2D eigenvalue weighted by Crippen LogP contribution is -2.49. The van der Waals surface area contributed by atoms with Crippen molar-refractivity contribution in [2.45, 2.75) is 38.3 Å². The van der Waals surface area contributed by atoms with E-state index >= 15 is 0 Å². The number of nitrogens with one attached hydrogen (secondary N) is 1. The van der Waals surface area contributed by atoms with Gasteiger partial charge in [-0.25, -0.2) is 0 Å². The van der Waals surface area contributed by atoms with Crippen LogP contribution in [0.2, 0.25) is 0 Å². The second-order valence-corrected chi connectivity index (χ2v) is 4.56. The Morgan fingerprint density at radius 1 is 1.67 bits per heavy atom.